The van der Waals surface area contributed by atoms with Gasteiger partial charge in [0.05, 0.1) is 6.04 Å². The molecule has 0 aliphatic carbocycles. The second-order valence-corrected chi connectivity index (χ2v) is 7.06. The Morgan fingerprint density at radius 2 is 2.10 bits per heavy atom. The second-order valence-electron chi connectivity index (χ2n) is 4.98. The Morgan fingerprint density at radius 3 is 2.85 bits per heavy atom. The molecule has 0 radical (unpaired) electrons. The van der Waals surface area contributed by atoms with Gasteiger partial charge >= 0.3 is 0 Å². The Kier molecular flexibility index (Phi) is 3.89. The van der Waals surface area contributed by atoms with Crippen molar-refractivity contribution in [1.29, 1.82) is 0 Å². The lowest BCUT2D eigenvalue weighted by Gasteiger charge is -2.16. The fourth-order valence-corrected chi connectivity index (χ4v) is 4.64. The fraction of sp³-hybridized carbons (Fsp3) is 0.333. The molecule has 104 valence electrons. The molecule has 0 N–H and O–H groups in total. The van der Waals surface area contributed by atoms with Gasteiger partial charge in [0.2, 0.25) is 0 Å². The van der Waals surface area contributed by atoms with E-state index < -0.39 is 0 Å². The molecular weight excluding hydrogens is 288 g/mol. The summed E-state index contributed by atoms with van der Waals surface area (Å²) in [4.78, 5) is 16.8. The van der Waals surface area contributed by atoms with Gasteiger partial charge in [0.15, 0.2) is 5.16 Å². The van der Waals surface area contributed by atoms with Gasteiger partial charge in [-0.1, -0.05) is 29.5 Å². The number of hydrogen-bond donors (Lipinski definition) is 0. The first-order valence-electron chi connectivity index (χ1n) is 6.56. The standard InChI is InChI=1S/C15H16N2OS2/c1-10-3-5-13(6-4-10)19-8-12-9-20-15-16-14(18)7-11(2)17(12)15/h3-7,12H,8-9H2,1-2H3/t12-/m1/s1. The summed E-state index contributed by atoms with van der Waals surface area (Å²) in [6.07, 6.45) is 0. The van der Waals surface area contributed by atoms with E-state index in [1.54, 1.807) is 17.8 Å². The second kappa shape index (κ2) is 5.66. The summed E-state index contributed by atoms with van der Waals surface area (Å²) in [5, 5.41) is 0.865. The molecular formula is C15H16N2OS2. The monoisotopic (exact) mass is 304 g/mol. The van der Waals surface area contributed by atoms with E-state index in [2.05, 4.69) is 40.7 Å². The third kappa shape index (κ3) is 2.79. The van der Waals surface area contributed by atoms with Crippen molar-refractivity contribution < 1.29 is 0 Å². The topological polar surface area (TPSA) is 34.9 Å². The molecule has 0 amide bonds. The van der Waals surface area contributed by atoms with Gasteiger partial charge in [-0.2, -0.15) is 4.98 Å². The number of hydrogen-bond acceptors (Lipinski definition) is 4. The third-order valence-corrected chi connectivity index (χ3v) is 5.61. The molecule has 0 spiro atoms. The van der Waals surface area contributed by atoms with E-state index in [4.69, 9.17) is 0 Å². The van der Waals surface area contributed by atoms with E-state index in [-0.39, 0.29) is 5.56 Å². The smallest absolute Gasteiger partial charge is 0.273 e. The van der Waals surface area contributed by atoms with Crippen LogP contribution in [0.25, 0.3) is 0 Å². The largest absolute Gasteiger partial charge is 0.320 e. The van der Waals surface area contributed by atoms with Crippen LogP contribution in [0, 0.1) is 13.8 Å². The van der Waals surface area contributed by atoms with Crippen LogP contribution in [-0.2, 0) is 0 Å². The van der Waals surface area contributed by atoms with Crippen molar-refractivity contribution in [3.8, 4) is 0 Å². The minimum atomic E-state index is -0.131. The van der Waals surface area contributed by atoms with Crippen molar-refractivity contribution in [3.05, 3.63) is 51.9 Å². The summed E-state index contributed by atoms with van der Waals surface area (Å²) < 4.78 is 2.20. The summed E-state index contributed by atoms with van der Waals surface area (Å²) in [6, 6.07) is 10.7. The Labute approximate surface area is 126 Å². The van der Waals surface area contributed by atoms with Crippen LogP contribution in [0.2, 0.25) is 0 Å². The predicted molar refractivity (Wildman–Crippen MR) is 84.9 cm³/mol. The van der Waals surface area contributed by atoms with Gasteiger partial charge in [-0.05, 0) is 26.0 Å². The Balaban J connectivity index is 1.75. The first-order valence-corrected chi connectivity index (χ1v) is 8.53. The van der Waals surface area contributed by atoms with E-state index in [9.17, 15) is 4.79 Å². The van der Waals surface area contributed by atoms with Gasteiger partial charge in [-0.15, -0.1) is 11.8 Å². The number of rotatable bonds is 3. The van der Waals surface area contributed by atoms with Crippen molar-refractivity contribution in [3.63, 3.8) is 0 Å². The fourth-order valence-electron chi connectivity index (χ4n) is 2.32. The van der Waals surface area contributed by atoms with Crippen molar-refractivity contribution in [1.82, 2.24) is 9.55 Å². The zero-order chi connectivity index (χ0) is 14.1. The van der Waals surface area contributed by atoms with Crippen molar-refractivity contribution in [2.45, 2.75) is 29.9 Å². The van der Waals surface area contributed by atoms with E-state index in [1.165, 1.54) is 10.5 Å². The van der Waals surface area contributed by atoms with Crippen LogP contribution in [-0.4, -0.2) is 21.1 Å². The molecule has 1 aliphatic rings. The summed E-state index contributed by atoms with van der Waals surface area (Å²) >= 11 is 3.54. The highest BCUT2D eigenvalue weighted by Crippen LogP contribution is 2.35. The highest BCUT2D eigenvalue weighted by Gasteiger charge is 2.24. The maximum Gasteiger partial charge on any atom is 0.273 e. The molecule has 1 aliphatic heterocycles. The third-order valence-electron chi connectivity index (χ3n) is 3.36. The number of thioether (sulfide) groups is 2. The normalized spacial score (nSPS) is 17.2. The number of nitrogens with zero attached hydrogens (tertiary/aromatic N) is 2. The number of fused-ring (bicyclic) bond motifs is 1. The van der Waals surface area contributed by atoms with E-state index in [0.717, 1.165) is 22.4 Å². The maximum absolute atomic E-state index is 11.4. The highest BCUT2D eigenvalue weighted by atomic mass is 32.2. The molecule has 1 aromatic carbocycles. The lowest BCUT2D eigenvalue weighted by molar-refractivity contribution is 0.549. The predicted octanol–water partition coefficient (Wildman–Crippen LogP) is 3.30. The molecule has 2 aromatic rings. The molecule has 5 heteroatoms. The van der Waals surface area contributed by atoms with Crippen LogP contribution in [0.4, 0.5) is 0 Å². The first kappa shape index (κ1) is 13.8. The summed E-state index contributed by atoms with van der Waals surface area (Å²) in [6.45, 7) is 4.09. The molecule has 1 atom stereocenters. The van der Waals surface area contributed by atoms with Gasteiger partial charge in [-0.25, -0.2) is 0 Å². The quantitative estimate of drug-likeness (QED) is 0.644. The van der Waals surface area contributed by atoms with Gasteiger partial charge in [-0.3, -0.25) is 4.79 Å². The molecule has 3 rings (SSSR count). The molecule has 0 fully saturated rings. The van der Waals surface area contributed by atoms with Crippen molar-refractivity contribution in [2.75, 3.05) is 11.5 Å². The van der Waals surface area contributed by atoms with Gasteiger partial charge in [0.1, 0.15) is 0 Å². The Hall–Kier alpha value is -1.20. The van der Waals surface area contributed by atoms with E-state index in [1.807, 2.05) is 18.7 Å². The average Bonchev–Trinajstić information content (AvgIpc) is 2.81. The van der Waals surface area contributed by atoms with Gasteiger partial charge in [0, 0.05) is 28.2 Å². The SMILES string of the molecule is Cc1ccc(SC[C@@H]2CSc3nc(=O)cc(C)n32)cc1. The number of benzene rings is 1. The highest BCUT2D eigenvalue weighted by molar-refractivity contribution is 8.00. The molecule has 0 unspecified atom stereocenters. The molecule has 0 saturated heterocycles. The van der Waals surface area contributed by atoms with Crippen LogP contribution >= 0.6 is 23.5 Å². The average molecular weight is 304 g/mol. The zero-order valence-corrected chi connectivity index (χ0v) is 13.1. The minimum absolute atomic E-state index is 0.131. The molecule has 0 bridgehead atoms. The van der Waals surface area contributed by atoms with Crippen LogP contribution < -0.4 is 5.56 Å². The molecule has 2 heterocycles. The lowest BCUT2D eigenvalue weighted by atomic mass is 10.2. The summed E-state index contributed by atoms with van der Waals surface area (Å²) in [5.41, 5.74) is 2.17. The van der Waals surface area contributed by atoms with Crippen LogP contribution in [0.3, 0.4) is 0 Å². The Bertz CT molecular complexity index is 679. The van der Waals surface area contributed by atoms with Crippen molar-refractivity contribution in [2.24, 2.45) is 0 Å². The van der Waals surface area contributed by atoms with Crippen LogP contribution in [0.1, 0.15) is 17.3 Å². The molecule has 1 aromatic heterocycles. The maximum atomic E-state index is 11.4. The van der Waals surface area contributed by atoms with Crippen molar-refractivity contribution >= 4 is 23.5 Å². The summed E-state index contributed by atoms with van der Waals surface area (Å²) in [7, 11) is 0. The van der Waals surface area contributed by atoms with Crippen LogP contribution in [0.15, 0.2) is 45.2 Å². The Morgan fingerprint density at radius 1 is 1.35 bits per heavy atom. The lowest BCUT2D eigenvalue weighted by Crippen LogP contribution is -2.18. The van der Waals surface area contributed by atoms with E-state index in [0.29, 0.717) is 6.04 Å². The first-order chi connectivity index (χ1) is 9.63. The number of aromatic nitrogens is 2. The summed E-state index contributed by atoms with van der Waals surface area (Å²) in [5.74, 6) is 2.00. The molecule has 3 nitrogen and oxygen atoms in total. The molecule has 0 saturated carbocycles. The van der Waals surface area contributed by atoms with E-state index >= 15 is 0 Å². The number of aryl methyl sites for hydroxylation is 2. The zero-order valence-electron chi connectivity index (χ0n) is 11.5. The minimum Gasteiger partial charge on any atom is -0.320 e. The van der Waals surface area contributed by atoms with Gasteiger partial charge < -0.3 is 4.57 Å². The molecule has 20 heavy (non-hydrogen) atoms. The van der Waals surface area contributed by atoms with Gasteiger partial charge in [0.25, 0.3) is 5.56 Å². The van der Waals surface area contributed by atoms with Crippen LogP contribution in [0.5, 0.6) is 0 Å².